The van der Waals surface area contributed by atoms with Crippen molar-refractivity contribution in [3.8, 4) is 11.3 Å². The summed E-state index contributed by atoms with van der Waals surface area (Å²) in [6.45, 7) is 2.68. The van der Waals surface area contributed by atoms with Crippen LogP contribution in [0.3, 0.4) is 0 Å². The van der Waals surface area contributed by atoms with Crippen LogP contribution in [0.25, 0.3) is 11.3 Å². The minimum atomic E-state index is -1.17. The molecule has 22 heavy (non-hydrogen) atoms. The highest BCUT2D eigenvalue weighted by molar-refractivity contribution is 5.87. The number of hydrogen-bond acceptors (Lipinski definition) is 2. The van der Waals surface area contributed by atoms with Crippen molar-refractivity contribution in [3.05, 3.63) is 58.4 Å². The summed E-state index contributed by atoms with van der Waals surface area (Å²) < 4.78 is 1.59. The molecule has 2 aromatic rings. The summed E-state index contributed by atoms with van der Waals surface area (Å²) in [4.78, 5) is 23.6. The van der Waals surface area contributed by atoms with Crippen LogP contribution >= 0.6 is 0 Å². The monoisotopic (exact) mass is 299 g/mol. The number of carboxylic acids is 1. The van der Waals surface area contributed by atoms with Gasteiger partial charge < -0.3 is 9.67 Å². The van der Waals surface area contributed by atoms with Crippen molar-refractivity contribution in [1.82, 2.24) is 4.57 Å². The van der Waals surface area contributed by atoms with Crippen molar-refractivity contribution < 1.29 is 9.90 Å². The Morgan fingerprint density at radius 2 is 1.77 bits per heavy atom. The highest BCUT2D eigenvalue weighted by atomic mass is 16.4. The highest BCUT2D eigenvalue weighted by Crippen LogP contribution is 2.18. The average Bonchev–Trinajstić information content (AvgIpc) is 2.53. The van der Waals surface area contributed by atoms with Gasteiger partial charge in [-0.25, -0.2) is 4.79 Å². The van der Waals surface area contributed by atoms with Gasteiger partial charge in [-0.3, -0.25) is 4.79 Å². The summed E-state index contributed by atoms with van der Waals surface area (Å²) in [6, 6.07) is 12.7. The number of unbranched alkanes of at least 4 members (excludes halogenated alkanes) is 3. The first-order valence-corrected chi connectivity index (χ1v) is 7.67. The lowest BCUT2D eigenvalue weighted by Crippen LogP contribution is -2.27. The summed E-state index contributed by atoms with van der Waals surface area (Å²) in [6.07, 6.45) is 4.15. The lowest BCUT2D eigenvalue weighted by atomic mass is 10.1. The predicted molar refractivity (Wildman–Crippen MR) is 87.2 cm³/mol. The molecule has 0 saturated carbocycles. The minimum absolute atomic E-state index is 0.171. The molecule has 1 aromatic carbocycles. The lowest BCUT2D eigenvalue weighted by Gasteiger charge is -2.14. The van der Waals surface area contributed by atoms with Gasteiger partial charge in [0.15, 0.2) is 0 Å². The van der Waals surface area contributed by atoms with Crippen molar-refractivity contribution in [2.75, 3.05) is 0 Å². The molecule has 4 heteroatoms. The molecular weight excluding hydrogens is 278 g/mol. The summed E-state index contributed by atoms with van der Waals surface area (Å²) in [5, 5.41) is 9.15. The first-order chi connectivity index (χ1) is 10.6. The predicted octanol–water partition coefficient (Wildman–Crippen LogP) is 3.79. The molecule has 4 nitrogen and oxygen atoms in total. The van der Waals surface area contributed by atoms with Gasteiger partial charge in [0.2, 0.25) is 0 Å². The molecular formula is C18H21NO3. The summed E-state index contributed by atoms with van der Waals surface area (Å²) in [5.74, 6) is -1.17. The number of aromatic nitrogens is 1. The number of nitrogens with zero attached hydrogens (tertiary/aromatic N) is 1. The molecule has 0 unspecified atom stereocenters. The van der Waals surface area contributed by atoms with Gasteiger partial charge >= 0.3 is 5.97 Å². The third-order valence-corrected chi connectivity index (χ3v) is 3.71. The van der Waals surface area contributed by atoms with Crippen LogP contribution < -0.4 is 5.56 Å². The largest absolute Gasteiger partial charge is 0.477 e. The van der Waals surface area contributed by atoms with Gasteiger partial charge in [0.05, 0.1) is 5.69 Å². The Morgan fingerprint density at radius 1 is 1.05 bits per heavy atom. The van der Waals surface area contributed by atoms with Crippen LogP contribution in [0.1, 0.15) is 43.0 Å². The number of pyridine rings is 1. The first-order valence-electron chi connectivity index (χ1n) is 7.67. The molecule has 116 valence electrons. The second-order valence-electron chi connectivity index (χ2n) is 5.32. The molecule has 0 bridgehead atoms. The molecule has 2 rings (SSSR count). The number of benzene rings is 1. The maximum atomic E-state index is 12.5. The van der Waals surface area contributed by atoms with E-state index in [2.05, 4.69) is 6.92 Å². The van der Waals surface area contributed by atoms with Crippen LogP contribution in [-0.2, 0) is 6.54 Å². The molecule has 0 amide bonds. The van der Waals surface area contributed by atoms with Gasteiger partial charge in [0.25, 0.3) is 5.56 Å². The van der Waals surface area contributed by atoms with Crippen molar-refractivity contribution in [1.29, 1.82) is 0 Å². The van der Waals surface area contributed by atoms with Crippen molar-refractivity contribution in [2.45, 2.75) is 39.2 Å². The topological polar surface area (TPSA) is 59.3 Å². The van der Waals surface area contributed by atoms with Crippen molar-refractivity contribution in [3.63, 3.8) is 0 Å². The Balaban J connectivity index is 2.42. The second-order valence-corrected chi connectivity index (χ2v) is 5.32. The molecule has 0 fully saturated rings. The van der Waals surface area contributed by atoms with E-state index in [0.717, 1.165) is 36.9 Å². The van der Waals surface area contributed by atoms with E-state index in [-0.39, 0.29) is 5.56 Å². The van der Waals surface area contributed by atoms with E-state index < -0.39 is 11.5 Å². The molecule has 0 atom stereocenters. The van der Waals surface area contributed by atoms with Gasteiger partial charge in [-0.1, -0.05) is 56.5 Å². The fourth-order valence-corrected chi connectivity index (χ4v) is 2.52. The van der Waals surface area contributed by atoms with E-state index in [1.165, 1.54) is 6.07 Å². The smallest absolute Gasteiger partial charge is 0.341 e. The zero-order valence-electron chi connectivity index (χ0n) is 12.8. The van der Waals surface area contributed by atoms with Gasteiger partial charge in [-0.15, -0.1) is 0 Å². The van der Waals surface area contributed by atoms with E-state index in [1.54, 1.807) is 10.6 Å². The fraction of sp³-hybridized carbons (Fsp3) is 0.333. The highest BCUT2D eigenvalue weighted by Gasteiger charge is 2.14. The Labute approximate surface area is 130 Å². The molecule has 1 N–H and O–H groups in total. The fourth-order valence-electron chi connectivity index (χ4n) is 2.52. The van der Waals surface area contributed by atoms with E-state index in [1.807, 2.05) is 30.3 Å². The minimum Gasteiger partial charge on any atom is -0.477 e. The number of aromatic carboxylic acids is 1. The zero-order valence-corrected chi connectivity index (χ0v) is 12.8. The van der Waals surface area contributed by atoms with E-state index in [9.17, 15) is 9.59 Å². The van der Waals surface area contributed by atoms with E-state index >= 15 is 0 Å². The summed E-state index contributed by atoms with van der Waals surface area (Å²) in [7, 11) is 0. The lowest BCUT2D eigenvalue weighted by molar-refractivity contribution is 0.0694. The molecule has 0 aliphatic rings. The SMILES string of the molecule is CCCCCCn1c(-c2ccccc2)ccc(C(=O)O)c1=O. The average molecular weight is 299 g/mol. The Hall–Kier alpha value is -2.36. The summed E-state index contributed by atoms with van der Waals surface area (Å²) in [5.41, 5.74) is 1.10. The Kier molecular flexibility index (Phi) is 5.53. The Bertz CT molecular complexity index is 689. The Morgan fingerprint density at radius 3 is 2.41 bits per heavy atom. The maximum absolute atomic E-state index is 12.5. The molecule has 0 aliphatic carbocycles. The van der Waals surface area contributed by atoms with Gasteiger partial charge in [0.1, 0.15) is 5.56 Å². The van der Waals surface area contributed by atoms with Gasteiger partial charge in [-0.2, -0.15) is 0 Å². The van der Waals surface area contributed by atoms with Crippen LogP contribution in [0.2, 0.25) is 0 Å². The molecule has 1 aromatic heterocycles. The van der Waals surface area contributed by atoms with Crippen molar-refractivity contribution in [2.24, 2.45) is 0 Å². The zero-order chi connectivity index (χ0) is 15.9. The molecule has 0 aliphatic heterocycles. The second kappa shape index (κ2) is 7.59. The molecule has 0 radical (unpaired) electrons. The number of carboxylic acid groups (broad SMARTS) is 1. The van der Waals surface area contributed by atoms with Crippen LogP contribution in [0, 0.1) is 0 Å². The van der Waals surface area contributed by atoms with E-state index in [0.29, 0.717) is 6.54 Å². The van der Waals surface area contributed by atoms with Crippen LogP contribution in [0.4, 0.5) is 0 Å². The molecule has 0 saturated heterocycles. The van der Waals surface area contributed by atoms with Crippen LogP contribution in [0.15, 0.2) is 47.3 Å². The molecule has 0 spiro atoms. The molecule has 1 heterocycles. The van der Waals surface area contributed by atoms with Crippen LogP contribution in [0.5, 0.6) is 0 Å². The van der Waals surface area contributed by atoms with E-state index in [4.69, 9.17) is 5.11 Å². The quantitative estimate of drug-likeness (QED) is 0.791. The number of rotatable bonds is 7. The van der Waals surface area contributed by atoms with Crippen LogP contribution in [-0.4, -0.2) is 15.6 Å². The number of carbonyl (C=O) groups is 1. The normalized spacial score (nSPS) is 10.6. The summed E-state index contributed by atoms with van der Waals surface area (Å²) >= 11 is 0. The van der Waals surface area contributed by atoms with Gasteiger partial charge in [-0.05, 0) is 24.1 Å². The maximum Gasteiger partial charge on any atom is 0.341 e. The number of hydrogen-bond donors (Lipinski definition) is 1. The van der Waals surface area contributed by atoms with Gasteiger partial charge in [0, 0.05) is 6.54 Å². The first kappa shape index (κ1) is 16.0. The third kappa shape index (κ3) is 3.64. The standard InChI is InChI=1S/C18H21NO3/c1-2-3-4-8-13-19-16(14-9-6-5-7-10-14)12-11-15(17(19)20)18(21)22/h5-7,9-12H,2-4,8,13H2,1H3,(H,21,22). The third-order valence-electron chi connectivity index (χ3n) is 3.71. The van der Waals surface area contributed by atoms with Crippen molar-refractivity contribution >= 4 is 5.97 Å².